The van der Waals surface area contributed by atoms with Crippen LogP contribution < -0.4 is 14.4 Å². The molecule has 1 fully saturated rings. The van der Waals surface area contributed by atoms with Crippen molar-refractivity contribution in [3.8, 4) is 11.5 Å². The van der Waals surface area contributed by atoms with Gasteiger partial charge >= 0.3 is 0 Å². The highest BCUT2D eigenvalue weighted by molar-refractivity contribution is 6.51. The van der Waals surface area contributed by atoms with Gasteiger partial charge in [0, 0.05) is 29.4 Å². The topological polar surface area (TPSA) is 119 Å². The van der Waals surface area contributed by atoms with Crippen LogP contribution in [0.2, 0.25) is 0 Å². The molecule has 1 N–H and O–H groups in total. The second-order valence-electron chi connectivity index (χ2n) is 8.64. The summed E-state index contributed by atoms with van der Waals surface area (Å²) < 4.78 is 11.3. The number of nitro benzene ring substituents is 1. The van der Waals surface area contributed by atoms with Crippen molar-refractivity contribution < 1.29 is 29.1 Å². The smallest absolute Gasteiger partial charge is 0.300 e. The predicted molar refractivity (Wildman–Crippen MR) is 138 cm³/mol. The van der Waals surface area contributed by atoms with Crippen molar-refractivity contribution in [1.82, 2.24) is 0 Å². The predicted octanol–water partition coefficient (Wildman–Crippen LogP) is 5.41. The molecule has 3 aromatic carbocycles. The number of ketones is 1. The Morgan fingerprint density at radius 3 is 2.38 bits per heavy atom. The van der Waals surface area contributed by atoms with Gasteiger partial charge in [-0.05, 0) is 50.6 Å². The molecule has 4 rings (SSSR count). The largest absolute Gasteiger partial charge is 0.507 e. The first-order chi connectivity index (χ1) is 17.7. The highest BCUT2D eigenvalue weighted by Gasteiger charge is 2.47. The maximum absolute atomic E-state index is 13.3. The molecule has 0 radical (unpaired) electrons. The minimum atomic E-state index is -0.996. The number of ether oxygens (including phenoxy) is 2. The fourth-order valence-corrected chi connectivity index (χ4v) is 4.23. The van der Waals surface area contributed by atoms with E-state index in [1.165, 1.54) is 23.1 Å². The number of amides is 1. The summed E-state index contributed by atoms with van der Waals surface area (Å²) in [6.07, 6.45) is -0.0494. The molecule has 3 aromatic rings. The fraction of sp³-hybridized carbons (Fsp3) is 0.214. The molecule has 0 bridgehead atoms. The van der Waals surface area contributed by atoms with Gasteiger partial charge in [-0.15, -0.1) is 0 Å². The first-order valence-corrected chi connectivity index (χ1v) is 11.8. The van der Waals surface area contributed by atoms with Crippen molar-refractivity contribution >= 4 is 28.8 Å². The molecule has 1 aliphatic heterocycles. The van der Waals surface area contributed by atoms with E-state index in [-0.39, 0.29) is 22.9 Å². The molecule has 1 aliphatic rings. The van der Waals surface area contributed by atoms with E-state index in [9.17, 15) is 24.8 Å². The molecule has 0 saturated carbocycles. The van der Waals surface area contributed by atoms with Crippen molar-refractivity contribution in [1.29, 1.82) is 0 Å². The van der Waals surface area contributed by atoms with Gasteiger partial charge in [-0.25, -0.2) is 0 Å². The standard InChI is InChI=1S/C28H26N2O7/c1-4-36-23-10-6-8-20(16-23)29-25(18-11-13-22(14-12-18)37-17(2)3)24(27(32)28(29)33)26(31)19-7-5-9-21(15-19)30(34)35/h5-17,25,31H,4H2,1-3H3/b26-24-. The van der Waals surface area contributed by atoms with Crippen molar-refractivity contribution in [2.75, 3.05) is 11.5 Å². The number of benzene rings is 3. The van der Waals surface area contributed by atoms with Crippen molar-refractivity contribution in [2.24, 2.45) is 0 Å². The first-order valence-electron chi connectivity index (χ1n) is 11.8. The van der Waals surface area contributed by atoms with Gasteiger partial charge in [0.2, 0.25) is 0 Å². The molecule has 0 aliphatic carbocycles. The van der Waals surface area contributed by atoms with E-state index in [4.69, 9.17) is 9.47 Å². The minimum absolute atomic E-state index is 0.0494. The number of hydrogen-bond acceptors (Lipinski definition) is 7. The van der Waals surface area contributed by atoms with E-state index in [2.05, 4.69) is 0 Å². The second kappa shape index (κ2) is 10.5. The summed E-state index contributed by atoms with van der Waals surface area (Å²) in [5.74, 6) is -1.13. The van der Waals surface area contributed by atoms with Crippen LogP contribution in [0.1, 0.15) is 37.9 Å². The lowest BCUT2D eigenvalue weighted by atomic mass is 9.95. The van der Waals surface area contributed by atoms with Gasteiger partial charge in [-0.1, -0.05) is 30.3 Å². The summed E-state index contributed by atoms with van der Waals surface area (Å²) in [6, 6.07) is 17.9. The van der Waals surface area contributed by atoms with Crippen LogP contribution >= 0.6 is 0 Å². The monoisotopic (exact) mass is 502 g/mol. The number of nitro groups is 1. The fourth-order valence-electron chi connectivity index (χ4n) is 4.23. The molecule has 1 heterocycles. The number of hydrogen-bond donors (Lipinski definition) is 1. The molecule has 0 aromatic heterocycles. The molecular weight excluding hydrogens is 476 g/mol. The third-order valence-corrected chi connectivity index (χ3v) is 5.75. The number of carbonyl (C=O) groups is 2. The maximum atomic E-state index is 13.3. The van der Waals surface area contributed by atoms with E-state index in [1.807, 2.05) is 20.8 Å². The van der Waals surface area contributed by atoms with Crippen LogP contribution in [-0.2, 0) is 9.59 Å². The zero-order valence-electron chi connectivity index (χ0n) is 20.6. The lowest BCUT2D eigenvalue weighted by Gasteiger charge is -2.26. The minimum Gasteiger partial charge on any atom is -0.507 e. The molecule has 190 valence electrons. The number of Topliss-reactive ketones (excluding diaryl/α,β-unsaturated/α-hetero) is 1. The molecule has 1 amide bonds. The van der Waals surface area contributed by atoms with Gasteiger partial charge in [0.1, 0.15) is 17.3 Å². The highest BCUT2D eigenvalue weighted by Crippen LogP contribution is 2.43. The number of non-ortho nitro benzene ring substituents is 1. The number of aliphatic hydroxyl groups excluding tert-OH is 1. The Balaban J connectivity index is 1.90. The first kappa shape index (κ1) is 25.4. The Kier molecular flexibility index (Phi) is 7.24. The normalized spacial score (nSPS) is 16.8. The van der Waals surface area contributed by atoms with Gasteiger partial charge in [0.25, 0.3) is 17.4 Å². The average Bonchev–Trinajstić information content (AvgIpc) is 3.14. The molecule has 0 spiro atoms. The maximum Gasteiger partial charge on any atom is 0.300 e. The van der Waals surface area contributed by atoms with Gasteiger partial charge in [0.15, 0.2) is 0 Å². The summed E-state index contributed by atoms with van der Waals surface area (Å²) in [7, 11) is 0. The Morgan fingerprint density at radius 2 is 1.73 bits per heavy atom. The Bertz CT molecular complexity index is 1380. The molecule has 9 nitrogen and oxygen atoms in total. The van der Waals surface area contributed by atoms with Crippen LogP contribution in [0.25, 0.3) is 5.76 Å². The molecule has 1 atom stereocenters. The highest BCUT2D eigenvalue weighted by atomic mass is 16.6. The number of aliphatic hydroxyl groups is 1. The van der Waals surface area contributed by atoms with E-state index in [0.717, 1.165) is 6.07 Å². The summed E-state index contributed by atoms with van der Waals surface area (Å²) in [5.41, 5.74) is 0.571. The third kappa shape index (κ3) is 5.16. The van der Waals surface area contributed by atoms with Gasteiger partial charge in [0.05, 0.1) is 29.2 Å². The van der Waals surface area contributed by atoms with E-state index in [0.29, 0.717) is 29.4 Å². The number of nitrogens with zero attached hydrogens (tertiary/aromatic N) is 2. The summed E-state index contributed by atoms with van der Waals surface area (Å²) in [6.45, 7) is 6.04. The zero-order valence-corrected chi connectivity index (χ0v) is 20.6. The average molecular weight is 503 g/mol. The van der Waals surface area contributed by atoms with Crippen LogP contribution in [-0.4, -0.2) is 34.4 Å². The second-order valence-corrected chi connectivity index (χ2v) is 8.64. The van der Waals surface area contributed by atoms with Crippen molar-refractivity contribution in [3.63, 3.8) is 0 Å². The Hall–Kier alpha value is -4.66. The van der Waals surface area contributed by atoms with Gasteiger partial charge in [-0.2, -0.15) is 0 Å². The molecular formula is C28H26N2O7. The number of anilines is 1. The summed E-state index contributed by atoms with van der Waals surface area (Å²) in [5, 5.41) is 22.5. The lowest BCUT2D eigenvalue weighted by Crippen LogP contribution is -2.29. The van der Waals surface area contributed by atoms with Crippen LogP contribution in [0.3, 0.4) is 0 Å². The zero-order chi connectivity index (χ0) is 26.7. The van der Waals surface area contributed by atoms with Crippen molar-refractivity contribution in [3.05, 3.63) is 99.6 Å². The SMILES string of the molecule is CCOc1cccc(N2C(=O)C(=O)/C(=C(\O)c3cccc([N+](=O)[O-])c3)C2c2ccc(OC(C)C)cc2)c1. The van der Waals surface area contributed by atoms with Crippen LogP contribution in [0, 0.1) is 10.1 Å². The van der Waals surface area contributed by atoms with Crippen molar-refractivity contribution in [2.45, 2.75) is 32.9 Å². The van der Waals surface area contributed by atoms with Gasteiger partial charge < -0.3 is 14.6 Å². The van der Waals surface area contributed by atoms with Crippen LogP contribution in [0.5, 0.6) is 11.5 Å². The summed E-state index contributed by atoms with van der Waals surface area (Å²) in [4.78, 5) is 38.7. The Labute approximate surface area is 213 Å². The summed E-state index contributed by atoms with van der Waals surface area (Å²) >= 11 is 0. The molecule has 37 heavy (non-hydrogen) atoms. The van der Waals surface area contributed by atoms with Crippen LogP contribution in [0.15, 0.2) is 78.4 Å². The number of carbonyl (C=O) groups excluding carboxylic acids is 2. The quantitative estimate of drug-likeness (QED) is 0.144. The van der Waals surface area contributed by atoms with Gasteiger partial charge in [-0.3, -0.25) is 24.6 Å². The molecule has 1 unspecified atom stereocenters. The lowest BCUT2D eigenvalue weighted by molar-refractivity contribution is -0.384. The van der Waals surface area contributed by atoms with E-state index in [1.54, 1.807) is 48.5 Å². The third-order valence-electron chi connectivity index (χ3n) is 5.75. The Morgan fingerprint density at radius 1 is 1.03 bits per heavy atom. The van der Waals surface area contributed by atoms with E-state index < -0.39 is 28.4 Å². The molecule has 1 saturated heterocycles. The van der Waals surface area contributed by atoms with E-state index >= 15 is 0 Å². The van der Waals surface area contributed by atoms with Crippen LogP contribution in [0.4, 0.5) is 11.4 Å². The molecule has 9 heteroatoms. The number of rotatable bonds is 8.